The van der Waals surface area contributed by atoms with Gasteiger partial charge in [0.15, 0.2) is 10.5 Å². The van der Waals surface area contributed by atoms with Crippen LogP contribution in [0.3, 0.4) is 0 Å². The molecule has 7 heteroatoms. The molecule has 0 unspecified atom stereocenters. The Bertz CT molecular complexity index is 558. The molecule has 21 heavy (non-hydrogen) atoms. The van der Waals surface area contributed by atoms with Crippen LogP contribution in [0.2, 0.25) is 5.02 Å². The van der Waals surface area contributed by atoms with Crippen molar-refractivity contribution in [2.24, 2.45) is 5.92 Å². The highest BCUT2D eigenvalue weighted by Crippen LogP contribution is 2.44. The minimum atomic E-state index is -4.67. The molecule has 0 heterocycles. The Morgan fingerprint density at radius 3 is 2.38 bits per heavy atom. The second-order valence-corrected chi connectivity index (χ2v) is 5.90. The monoisotopic (exact) mass is 318 g/mol. The Hall–Kier alpha value is -1.48. The van der Waals surface area contributed by atoms with E-state index in [0.29, 0.717) is 5.92 Å². The van der Waals surface area contributed by atoms with Gasteiger partial charge in [0, 0.05) is 12.1 Å². The maximum atomic E-state index is 13.0. The van der Waals surface area contributed by atoms with E-state index >= 15 is 0 Å². The minimum Gasteiger partial charge on any atom is -0.381 e. The molecule has 0 bridgehead atoms. The summed E-state index contributed by atoms with van der Waals surface area (Å²) >= 11 is 5.87. The standard InChI is InChI=1S/C14H16ClF3N3/c1-8-2-4-9(5-3-8)20-11-7-6-10(21-19)12(13(11)15)14(16,17)18/h6-9,20H,2-5H2,1H3/q+1. The summed E-state index contributed by atoms with van der Waals surface area (Å²) < 4.78 is 39.1. The second kappa shape index (κ2) is 6.10. The van der Waals surface area contributed by atoms with Gasteiger partial charge in [-0.2, -0.15) is 13.2 Å². The number of rotatable bonds is 2. The van der Waals surface area contributed by atoms with Crippen molar-refractivity contribution in [2.75, 3.05) is 5.32 Å². The summed E-state index contributed by atoms with van der Waals surface area (Å²) in [5.41, 5.74) is -1.45. The molecule has 0 saturated heterocycles. The van der Waals surface area contributed by atoms with Crippen molar-refractivity contribution in [3.05, 3.63) is 27.7 Å². The fourth-order valence-corrected chi connectivity index (χ4v) is 2.98. The molecule has 0 aliphatic heterocycles. The van der Waals surface area contributed by atoms with Gasteiger partial charge in [0.1, 0.15) is 0 Å². The van der Waals surface area contributed by atoms with E-state index in [9.17, 15) is 13.2 Å². The second-order valence-electron chi connectivity index (χ2n) is 5.52. The van der Waals surface area contributed by atoms with Crippen molar-refractivity contribution in [1.82, 2.24) is 0 Å². The molecule has 1 aromatic carbocycles. The highest BCUT2D eigenvalue weighted by Gasteiger charge is 2.42. The van der Waals surface area contributed by atoms with Crippen LogP contribution in [0.5, 0.6) is 0 Å². The van der Waals surface area contributed by atoms with Crippen LogP contribution in [-0.4, -0.2) is 6.04 Å². The van der Waals surface area contributed by atoms with Crippen LogP contribution in [0.25, 0.3) is 4.98 Å². The molecule has 3 nitrogen and oxygen atoms in total. The molecule has 1 saturated carbocycles. The van der Waals surface area contributed by atoms with Crippen molar-refractivity contribution in [2.45, 2.75) is 44.8 Å². The fraction of sp³-hybridized carbons (Fsp3) is 0.571. The van der Waals surface area contributed by atoms with Crippen molar-refractivity contribution in [3.8, 4) is 0 Å². The maximum absolute atomic E-state index is 13.0. The minimum absolute atomic E-state index is 0.122. The zero-order valence-electron chi connectivity index (χ0n) is 11.5. The highest BCUT2D eigenvalue weighted by atomic mass is 35.5. The average Bonchev–Trinajstić information content (AvgIpc) is 2.41. The number of benzene rings is 1. The van der Waals surface area contributed by atoms with E-state index in [-0.39, 0.29) is 11.7 Å². The van der Waals surface area contributed by atoms with Gasteiger partial charge in [-0.15, -0.1) is 0 Å². The van der Waals surface area contributed by atoms with Gasteiger partial charge in [-0.1, -0.05) is 18.5 Å². The van der Waals surface area contributed by atoms with Crippen molar-refractivity contribution in [3.63, 3.8) is 0 Å². The molecule has 1 N–H and O–H groups in total. The molecule has 0 aromatic heterocycles. The molecule has 0 amide bonds. The molecular weight excluding hydrogens is 303 g/mol. The lowest BCUT2D eigenvalue weighted by Crippen LogP contribution is -2.25. The van der Waals surface area contributed by atoms with E-state index in [1.807, 2.05) is 0 Å². The van der Waals surface area contributed by atoms with Gasteiger partial charge in [0.2, 0.25) is 5.39 Å². The summed E-state index contributed by atoms with van der Waals surface area (Å²) in [7, 11) is 0. The van der Waals surface area contributed by atoms with Gasteiger partial charge in [-0.3, -0.25) is 0 Å². The zero-order valence-corrected chi connectivity index (χ0v) is 12.3. The molecular formula is C14H16ClF3N3+. The van der Waals surface area contributed by atoms with Crippen LogP contribution in [0.1, 0.15) is 38.2 Å². The average molecular weight is 319 g/mol. The molecule has 1 aliphatic carbocycles. The topological polar surface area (TPSA) is 40.2 Å². The quantitative estimate of drug-likeness (QED) is 0.696. The van der Waals surface area contributed by atoms with Gasteiger partial charge >= 0.3 is 11.9 Å². The lowest BCUT2D eigenvalue weighted by atomic mass is 9.87. The van der Waals surface area contributed by atoms with Gasteiger partial charge in [0.05, 0.1) is 10.7 Å². The van der Waals surface area contributed by atoms with Crippen LogP contribution in [0, 0.1) is 11.3 Å². The van der Waals surface area contributed by atoms with E-state index < -0.39 is 22.4 Å². The first-order chi connectivity index (χ1) is 9.82. The SMILES string of the molecule is CC1CCC(Nc2ccc([N+]#N)c(C(F)(F)F)c2Cl)CC1. The van der Waals surface area contributed by atoms with Crippen LogP contribution in [0.15, 0.2) is 12.1 Å². The zero-order chi connectivity index (χ0) is 15.6. The van der Waals surface area contributed by atoms with Crippen LogP contribution in [-0.2, 0) is 6.18 Å². The lowest BCUT2D eigenvalue weighted by Gasteiger charge is -2.28. The summed E-state index contributed by atoms with van der Waals surface area (Å²) in [6, 6.07) is 2.66. The molecule has 1 aliphatic rings. The number of halogens is 4. The van der Waals surface area contributed by atoms with Gasteiger partial charge in [-0.25, -0.2) is 0 Å². The third kappa shape index (κ3) is 3.59. The van der Waals surface area contributed by atoms with E-state index in [4.69, 9.17) is 17.0 Å². The number of nitrogens with zero attached hydrogens (tertiary/aromatic N) is 2. The van der Waals surface area contributed by atoms with Crippen LogP contribution in [0.4, 0.5) is 24.5 Å². The van der Waals surface area contributed by atoms with E-state index in [1.165, 1.54) is 6.07 Å². The number of nitrogens with one attached hydrogen (secondary N) is 1. The van der Waals surface area contributed by atoms with Gasteiger partial charge in [-0.05, 0) is 37.7 Å². The van der Waals surface area contributed by atoms with Gasteiger partial charge < -0.3 is 5.32 Å². The number of diazo groups is 1. The largest absolute Gasteiger partial charge is 0.425 e. The molecule has 1 aromatic rings. The number of hydrogen-bond donors (Lipinski definition) is 1. The Balaban J connectivity index is 2.27. The van der Waals surface area contributed by atoms with E-state index in [1.54, 1.807) is 0 Å². The maximum Gasteiger partial charge on any atom is 0.425 e. The van der Waals surface area contributed by atoms with Crippen molar-refractivity contribution in [1.29, 1.82) is 5.39 Å². The Kier molecular flexibility index (Phi) is 4.62. The third-order valence-electron chi connectivity index (χ3n) is 3.89. The van der Waals surface area contributed by atoms with Crippen LogP contribution >= 0.6 is 11.6 Å². The molecule has 0 radical (unpaired) electrons. The van der Waals surface area contributed by atoms with E-state index in [0.717, 1.165) is 31.7 Å². The summed E-state index contributed by atoms with van der Waals surface area (Å²) in [6.07, 6.45) is -0.760. The van der Waals surface area contributed by atoms with Crippen molar-refractivity contribution < 1.29 is 13.2 Å². The number of alkyl halides is 3. The summed E-state index contributed by atoms with van der Waals surface area (Å²) in [5.74, 6) is 0.653. The summed E-state index contributed by atoms with van der Waals surface area (Å²) in [6.45, 7) is 2.17. The smallest absolute Gasteiger partial charge is 0.381 e. The Morgan fingerprint density at radius 1 is 1.24 bits per heavy atom. The van der Waals surface area contributed by atoms with E-state index in [2.05, 4.69) is 17.2 Å². The lowest BCUT2D eigenvalue weighted by molar-refractivity contribution is -0.136. The first-order valence-corrected chi connectivity index (χ1v) is 7.22. The van der Waals surface area contributed by atoms with Crippen molar-refractivity contribution >= 4 is 23.0 Å². The third-order valence-corrected chi connectivity index (χ3v) is 4.28. The number of hydrogen-bond acceptors (Lipinski definition) is 2. The first kappa shape index (κ1) is 15.9. The van der Waals surface area contributed by atoms with Crippen LogP contribution < -0.4 is 5.32 Å². The fourth-order valence-electron chi connectivity index (χ4n) is 2.65. The molecule has 2 rings (SSSR count). The summed E-state index contributed by atoms with van der Waals surface area (Å²) in [4.78, 5) is 2.66. The Labute approximate surface area is 126 Å². The van der Waals surface area contributed by atoms with Gasteiger partial charge in [0.25, 0.3) is 0 Å². The Morgan fingerprint density at radius 2 is 1.86 bits per heavy atom. The summed E-state index contributed by atoms with van der Waals surface area (Å²) in [5, 5.41) is 11.3. The normalized spacial score (nSPS) is 22.7. The predicted molar refractivity (Wildman–Crippen MR) is 76.2 cm³/mol. The highest BCUT2D eigenvalue weighted by molar-refractivity contribution is 6.34. The first-order valence-electron chi connectivity index (χ1n) is 6.84. The number of anilines is 1. The predicted octanol–water partition coefficient (Wildman–Crippen LogP) is 5.83. The molecule has 0 atom stereocenters. The molecule has 114 valence electrons. The molecule has 0 spiro atoms. The molecule has 1 fully saturated rings.